The Labute approximate surface area is 143 Å². The van der Waals surface area contributed by atoms with Gasteiger partial charge in [-0.1, -0.05) is 13.8 Å². The Morgan fingerprint density at radius 3 is 3.13 bits per heavy atom. The van der Waals surface area contributed by atoms with Crippen LogP contribution in [-0.2, 0) is 11.2 Å². The second-order valence-electron chi connectivity index (χ2n) is 6.05. The molecular formula is C17H29N3O2S. The van der Waals surface area contributed by atoms with E-state index in [-0.39, 0.29) is 0 Å². The minimum atomic E-state index is 0.652. The quantitative estimate of drug-likeness (QED) is 0.470. The van der Waals surface area contributed by atoms with Gasteiger partial charge in [-0.15, -0.1) is 0 Å². The van der Waals surface area contributed by atoms with Crippen molar-refractivity contribution in [3.63, 3.8) is 0 Å². The van der Waals surface area contributed by atoms with Crippen LogP contribution >= 0.6 is 11.8 Å². The molecule has 1 unspecified atom stereocenters. The molecule has 1 aliphatic heterocycles. The van der Waals surface area contributed by atoms with Gasteiger partial charge in [0.15, 0.2) is 5.96 Å². The first kappa shape index (κ1) is 18.2. The second-order valence-corrected chi connectivity index (χ2v) is 7.40. The summed E-state index contributed by atoms with van der Waals surface area (Å²) in [5, 5.41) is 4.17. The standard InChI is InChI=1S/C17H29N3O2S/c1-14(2)16-13-20(9-12-23-16)17(19-8-11-21-3)18-7-6-15-5-4-10-22-15/h4-5,10,14,16H,6-9,11-13H2,1-3H3,(H,18,19). The monoisotopic (exact) mass is 339 g/mol. The summed E-state index contributed by atoms with van der Waals surface area (Å²) in [6.45, 7) is 8.88. The van der Waals surface area contributed by atoms with E-state index in [0.717, 1.165) is 43.5 Å². The minimum Gasteiger partial charge on any atom is -0.469 e. The maximum Gasteiger partial charge on any atom is 0.194 e. The fourth-order valence-electron chi connectivity index (χ4n) is 2.53. The van der Waals surface area contributed by atoms with Crippen LogP contribution in [0.15, 0.2) is 27.8 Å². The molecule has 130 valence electrons. The first-order chi connectivity index (χ1) is 11.2. The van der Waals surface area contributed by atoms with Crippen LogP contribution in [0.2, 0.25) is 0 Å². The zero-order chi connectivity index (χ0) is 16.5. The van der Waals surface area contributed by atoms with Crippen LogP contribution in [0.4, 0.5) is 0 Å². The lowest BCUT2D eigenvalue weighted by Crippen LogP contribution is -2.49. The summed E-state index contributed by atoms with van der Waals surface area (Å²) < 4.78 is 10.5. The van der Waals surface area contributed by atoms with Crippen LogP contribution in [0.5, 0.6) is 0 Å². The first-order valence-corrected chi connectivity index (χ1v) is 9.41. The Kier molecular flexibility index (Phi) is 7.82. The Morgan fingerprint density at radius 1 is 1.57 bits per heavy atom. The fourth-order valence-corrected chi connectivity index (χ4v) is 3.83. The average Bonchev–Trinajstić information content (AvgIpc) is 3.07. The zero-order valence-corrected chi connectivity index (χ0v) is 15.3. The molecule has 1 N–H and O–H groups in total. The Balaban J connectivity index is 1.91. The van der Waals surface area contributed by atoms with Crippen molar-refractivity contribution in [1.29, 1.82) is 0 Å². The van der Waals surface area contributed by atoms with E-state index in [1.165, 1.54) is 0 Å². The predicted molar refractivity (Wildman–Crippen MR) is 97.2 cm³/mol. The Hall–Kier alpha value is -1.14. The van der Waals surface area contributed by atoms with Crippen LogP contribution in [-0.4, -0.2) is 61.8 Å². The molecule has 1 atom stereocenters. The normalized spacial score (nSPS) is 19.4. The summed E-state index contributed by atoms with van der Waals surface area (Å²) in [6, 6.07) is 3.94. The van der Waals surface area contributed by atoms with Crippen molar-refractivity contribution in [2.24, 2.45) is 10.9 Å². The van der Waals surface area contributed by atoms with E-state index >= 15 is 0 Å². The second kappa shape index (κ2) is 9.88. The molecule has 5 nitrogen and oxygen atoms in total. The molecule has 0 aliphatic carbocycles. The maximum absolute atomic E-state index is 5.39. The van der Waals surface area contributed by atoms with Crippen molar-refractivity contribution in [3.8, 4) is 0 Å². The number of rotatable bonds is 7. The smallest absolute Gasteiger partial charge is 0.194 e. The van der Waals surface area contributed by atoms with Crippen LogP contribution in [0.3, 0.4) is 0 Å². The summed E-state index contributed by atoms with van der Waals surface area (Å²) in [7, 11) is 1.71. The van der Waals surface area contributed by atoms with Crippen molar-refractivity contribution in [3.05, 3.63) is 24.2 Å². The van der Waals surface area contributed by atoms with E-state index in [4.69, 9.17) is 14.1 Å². The number of hydrogen-bond acceptors (Lipinski definition) is 4. The highest BCUT2D eigenvalue weighted by atomic mass is 32.2. The molecule has 0 radical (unpaired) electrons. The molecule has 1 fully saturated rings. The summed E-state index contributed by atoms with van der Waals surface area (Å²) >= 11 is 2.08. The van der Waals surface area contributed by atoms with Crippen LogP contribution in [0.1, 0.15) is 19.6 Å². The van der Waals surface area contributed by atoms with Gasteiger partial charge < -0.3 is 19.4 Å². The van der Waals surface area contributed by atoms with Crippen LogP contribution in [0, 0.1) is 5.92 Å². The number of nitrogens with zero attached hydrogens (tertiary/aromatic N) is 2. The van der Waals surface area contributed by atoms with E-state index in [1.54, 1.807) is 13.4 Å². The minimum absolute atomic E-state index is 0.652. The molecule has 23 heavy (non-hydrogen) atoms. The first-order valence-electron chi connectivity index (χ1n) is 8.37. The van der Waals surface area contributed by atoms with Gasteiger partial charge in [0.25, 0.3) is 0 Å². The van der Waals surface area contributed by atoms with Gasteiger partial charge in [0.2, 0.25) is 0 Å². The van der Waals surface area contributed by atoms with Gasteiger partial charge in [-0.2, -0.15) is 11.8 Å². The lowest BCUT2D eigenvalue weighted by Gasteiger charge is -2.36. The lowest BCUT2D eigenvalue weighted by molar-refractivity contribution is 0.207. The number of methoxy groups -OCH3 is 1. The van der Waals surface area contributed by atoms with Gasteiger partial charge in [0, 0.05) is 44.2 Å². The topological polar surface area (TPSA) is 50.0 Å². The van der Waals surface area contributed by atoms with E-state index in [0.29, 0.717) is 24.3 Å². The molecule has 0 saturated carbocycles. The number of guanidine groups is 1. The highest BCUT2D eigenvalue weighted by Crippen LogP contribution is 2.24. The van der Waals surface area contributed by atoms with Gasteiger partial charge in [-0.05, 0) is 18.1 Å². The highest BCUT2D eigenvalue weighted by molar-refractivity contribution is 8.00. The molecule has 1 aromatic rings. The van der Waals surface area contributed by atoms with E-state index in [1.807, 2.05) is 12.1 Å². The Morgan fingerprint density at radius 2 is 2.43 bits per heavy atom. The summed E-state index contributed by atoms with van der Waals surface area (Å²) in [6.07, 6.45) is 2.59. The predicted octanol–water partition coefficient (Wildman–Crippen LogP) is 2.49. The molecule has 2 rings (SSSR count). The van der Waals surface area contributed by atoms with Crippen LogP contribution in [0.25, 0.3) is 0 Å². The molecule has 0 aromatic carbocycles. The molecule has 1 saturated heterocycles. The number of thioether (sulfide) groups is 1. The molecule has 1 aromatic heterocycles. The van der Waals surface area contributed by atoms with Gasteiger partial charge in [0.1, 0.15) is 5.76 Å². The van der Waals surface area contributed by atoms with E-state index in [9.17, 15) is 0 Å². The largest absolute Gasteiger partial charge is 0.469 e. The third-order valence-corrected chi connectivity index (χ3v) is 5.47. The van der Waals surface area contributed by atoms with Gasteiger partial charge >= 0.3 is 0 Å². The molecule has 6 heteroatoms. The number of furan rings is 1. The molecular weight excluding hydrogens is 310 g/mol. The lowest BCUT2D eigenvalue weighted by atomic mass is 10.1. The molecule has 0 bridgehead atoms. The maximum atomic E-state index is 5.39. The van der Waals surface area contributed by atoms with Crippen LogP contribution < -0.4 is 5.32 Å². The summed E-state index contributed by atoms with van der Waals surface area (Å²) in [4.78, 5) is 7.10. The Bertz CT molecular complexity index is 462. The number of hydrogen-bond donors (Lipinski definition) is 1. The van der Waals surface area contributed by atoms with Gasteiger partial charge in [-0.3, -0.25) is 4.99 Å². The number of ether oxygens (including phenoxy) is 1. The number of aliphatic imine (C=N–C) groups is 1. The SMILES string of the molecule is COCCN=C(NCCc1ccco1)N1CCSC(C(C)C)C1. The third kappa shape index (κ3) is 6.11. The number of nitrogens with one attached hydrogen (secondary N) is 1. The van der Waals surface area contributed by atoms with Crippen molar-refractivity contribution in [2.75, 3.05) is 45.6 Å². The van der Waals surface area contributed by atoms with E-state index in [2.05, 4.69) is 35.8 Å². The highest BCUT2D eigenvalue weighted by Gasteiger charge is 2.24. The molecule has 0 amide bonds. The fraction of sp³-hybridized carbons (Fsp3) is 0.706. The molecule has 1 aliphatic rings. The molecule has 2 heterocycles. The van der Waals surface area contributed by atoms with Gasteiger partial charge in [-0.25, -0.2) is 0 Å². The van der Waals surface area contributed by atoms with E-state index < -0.39 is 0 Å². The third-order valence-electron chi connectivity index (χ3n) is 3.93. The van der Waals surface area contributed by atoms with Crippen molar-refractivity contribution in [2.45, 2.75) is 25.5 Å². The van der Waals surface area contributed by atoms with Crippen molar-refractivity contribution < 1.29 is 9.15 Å². The average molecular weight is 340 g/mol. The van der Waals surface area contributed by atoms with Crippen molar-refractivity contribution in [1.82, 2.24) is 10.2 Å². The van der Waals surface area contributed by atoms with Gasteiger partial charge in [0.05, 0.1) is 19.4 Å². The molecule has 0 spiro atoms. The van der Waals surface area contributed by atoms with Crippen molar-refractivity contribution >= 4 is 17.7 Å². The summed E-state index contributed by atoms with van der Waals surface area (Å²) in [5.41, 5.74) is 0. The summed E-state index contributed by atoms with van der Waals surface area (Å²) in [5.74, 6) is 3.85. The zero-order valence-electron chi connectivity index (χ0n) is 14.5.